The second kappa shape index (κ2) is 5.61. The first-order valence-corrected chi connectivity index (χ1v) is 7.45. The van der Waals surface area contributed by atoms with Crippen molar-refractivity contribution >= 4 is 5.91 Å². The van der Waals surface area contributed by atoms with Crippen molar-refractivity contribution in [3.05, 3.63) is 24.2 Å². The molecule has 7 heteroatoms. The van der Waals surface area contributed by atoms with Gasteiger partial charge in [0, 0.05) is 24.9 Å². The Labute approximate surface area is 125 Å². The van der Waals surface area contributed by atoms with Crippen LogP contribution in [0.1, 0.15) is 30.9 Å². The number of aliphatic hydroxyl groups excluding tert-OH is 1. The smallest absolute Gasteiger partial charge is 0.414 e. The fourth-order valence-corrected chi connectivity index (χ4v) is 3.22. The minimum atomic E-state index is -4.59. The number of nitrogens with zero attached hydrogens (tertiary/aromatic N) is 1. The predicted octanol–water partition coefficient (Wildman–Crippen LogP) is 2.54. The van der Waals surface area contributed by atoms with Crippen LogP contribution in [0.15, 0.2) is 22.8 Å². The van der Waals surface area contributed by atoms with Crippen LogP contribution in [0.5, 0.6) is 0 Å². The largest absolute Gasteiger partial charge is 0.469 e. The van der Waals surface area contributed by atoms with Crippen LogP contribution in [0.2, 0.25) is 0 Å². The molecule has 3 rings (SSSR count). The Morgan fingerprint density at radius 1 is 1.36 bits per heavy atom. The van der Waals surface area contributed by atoms with Crippen LogP contribution in [0, 0.1) is 11.8 Å². The van der Waals surface area contributed by atoms with Gasteiger partial charge in [0.05, 0.1) is 6.26 Å². The van der Waals surface area contributed by atoms with Crippen LogP contribution in [-0.2, 0) is 4.79 Å². The average molecular weight is 317 g/mol. The summed E-state index contributed by atoms with van der Waals surface area (Å²) in [4.78, 5) is 14.0. The Bertz CT molecular complexity index is 521. The molecule has 1 aromatic heterocycles. The van der Waals surface area contributed by atoms with E-state index in [1.165, 1.54) is 0 Å². The van der Waals surface area contributed by atoms with E-state index in [9.17, 15) is 23.1 Å². The van der Waals surface area contributed by atoms with E-state index in [1.54, 1.807) is 17.2 Å². The quantitative estimate of drug-likeness (QED) is 0.932. The highest BCUT2D eigenvalue weighted by molar-refractivity contribution is 5.82. The Balaban J connectivity index is 1.51. The van der Waals surface area contributed by atoms with Crippen molar-refractivity contribution in [1.29, 1.82) is 0 Å². The summed E-state index contributed by atoms with van der Waals surface area (Å²) in [5.41, 5.74) is 0. The molecular weight excluding hydrogens is 299 g/mol. The Morgan fingerprint density at radius 2 is 2.05 bits per heavy atom. The van der Waals surface area contributed by atoms with Crippen LogP contribution in [0.25, 0.3) is 0 Å². The van der Waals surface area contributed by atoms with Gasteiger partial charge in [0.15, 0.2) is 6.10 Å². The number of aliphatic hydroxyl groups is 1. The lowest BCUT2D eigenvalue weighted by Gasteiger charge is -2.34. The van der Waals surface area contributed by atoms with Gasteiger partial charge in [-0.25, -0.2) is 0 Å². The maximum atomic E-state index is 12.5. The second-order valence-corrected chi connectivity index (χ2v) is 6.11. The van der Waals surface area contributed by atoms with Crippen molar-refractivity contribution < 1.29 is 27.5 Å². The molecule has 0 bridgehead atoms. The zero-order chi connectivity index (χ0) is 15.9. The molecule has 122 valence electrons. The molecule has 2 aliphatic rings. The average Bonchev–Trinajstić information content (AvgIpc) is 3.10. The van der Waals surface area contributed by atoms with Crippen molar-refractivity contribution in [2.45, 2.75) is 37.5 Å². The number of hydrogen-bond donors (Lipinski definition) is 1. The number of halogens is 3. The van der Waals surface area contributed by atoms with E-state index in [2.05, 4.69) is 0 Å². The fourth-order valence-electron chi connectivity index (χ4n) is 3.22. The van der Waals surface area contributed by atoms with E-state index in [0.29, 0.717) is 0 Å². The normalized spacial score (nSPS) is 27.7. The Hall–Kier alpha value is -1.50. The molecule has 1 aliphatic carbocycles. The molecule has 1 saturated carbocycles. The number of hydrogen-bond acceptors (Lipinski definition) is 3. The third-order valence-electron chi connectivity index (χ3n) is 4.65. The van der Waals surface area contributed by atoms with E-state index >= 15 is 0 Å². The third kappa shape index (κ3) is 2.99. The SMILES string of the molecule is O=C(C1CC1c1ccco1)N1CCC(C(O)C(F)(F)F)CC1. The van der Waals surface area contributed by atoms with Crippen LogP contribution >= 0.6 is 0 Å². The summed E-state index contributed by atoms with van der Waals surface area (Å²) in [5.74, 6) is -0.0533. The lowest BCUT2D eigenvalue weighted by molar-refractivity contribution is -0.223. The van der Waals surface area contributed by atoms with E-state index in [0.717, 1.165) is 12.2 Å². The molecule has 2 fully saturated rings. The van der Waals surface area contributed by atoms with Crippen LogP contribution in [0.3, 0.4) is 0 Å². The van der Waals surface area contributed by atoms with E-state index < -0.39 is 18.2 Å². The highest BCUT2D eigenvalue weighted by Crippen LogP contribution is 2.49. The molecule has 3 unspecified atom stereocenters. The Kier molecular flexibility index (Phi) is 3.92. The zero-order valence-corrected chi connectivity index (χ0v) is 11.9. The van der Waals surface area contributed by atoms with Crippen molar-refractivity contribution in [3.63, 3.8) is 0 Å². The third-order valence-corrected chi connectivity index (χ3v) is 4.65. The molecule has 2 heterocycles. The van der Waals surface area contributed by atoms with Gasteiger partial charge in [-0.2, -0.15) is 13.2 Å². The first kappa shape index (κ1) is 15.4. The van der Waals surface area contributed by atoms with Crippen molar-refractivity contribution in [3.8, 4) is 0 Å². The second-order valence-electron chi connectivity index (χ2n) is 6.11. The number of likely N-dealkylation sites (tertiary alicyclic amines) is 1. The van der Waals surface area contributed by atoms with Crippen molar-refractivity contribution in [2.75, 3.05) is 13.1 Å². The molecule has 1 aromatic rings. The predicted molar refractivity (Wildman–Crippen MR) is 70.9 cm³/mol. The first-order chi connectivity index (χ1) is 10.4. The maximum absolute atomic E-state index is 12.5. The lowest BCUT2D eigenvalue weighted by atomic mass is 9.90. The van der Waals surface area contributed by atoms with Gasteiger partial charge >= 0.3 is 6.18 Å². The summed E-state index contributed by atoms with van der Waals surface area (Å²) < 4.78 is 42.8. The summed E-state index contributed by atoms with van der Waals surface area (Å²) in [6.45, 7) is 0.552. The number of amides is 1. The first-order valence-electron chi connectivity index (χ1n) is 7.45. The number of carbonyl (C=O) groups excluding carboxylic acids is 1. The molecular formula is C15H18F3NO3. The standard InChI is InChI=1S/C15H18F3NO3/c16-15(17,18)13(20)9-3-5-19(6-4-9)14(21)11-8-10(11)12-2-1-7-22-12/h1-2,7,9-11,13,20H,3-6,8H2. The molecule has 1 aliphatic heterocycles. The molecule has 0 spiro atoms. The van der Waals surface area contributed by atoms with Crippen molar-refractivity contribution in [1.82, 2.24) is 4.90 Å². The van der Waals surface area contributed by atoms with Gasteiger partial charge < -0.3 is 14.4 Å². The minimum Gasteiger partial charge on any atom is -0.469 e. The summed E-state index contributed by atoms with van der Waals surface area (Å²) in [6.07, 6.45) is -4.20. The molecule has 4 nitrogen and oxygen atoms in total. The fraction of sp³-hybridized carbons (Fsp3) is 0.667. The van der Waals surface area contributed by atoms with Crippen LogP contribution in [-0.4, -0.2) is 41.3 Å². The minimum absolute atomic E-state index is 0.0126. The lowest BCUT2D eigenvalue weighted by Crippen LogP contribution is -2.45. The number of rotatable bonds is 3. The summed E-state index contributed by atoms with van der Waals surface area (Å²) in [5, 5.41) is 9.28. The highest BCUT2D eigenvalue weighted by Gasteiger charge is 2.49. The zero-order valence-electron chi connectivity index (χ0n) is 11.9. The molecule has 1 amide bonds. The van der Waals surface area contributed by atoms with Gasteiger partial charge in [-0.1, -0.05) is 0 Å². The van der Waals surface area contributed by atoms with Gasteiger partial charge in [-0.05, 0) is 37.3 Å². The number of carbonyl (C=O) groups is 1. The van der Waals surface area contributed by atoms with Gasteiger partial charge in [0.2, 0.25) is 5.91 Å². The molecule has 1 saturated heterocycles. The number of piperidine rings is 1. The molecule has 1 N–H and O–H groups in total. The Morgan fingerprint density at radius 3 is 2.59 bits per heavy atom. The summed E-state index contributed by atoms with van der Waals surface area (Å²) in [7, 11) is 0. The van der Waals surface area contributed by atoms with Crippen LogP contribution in [0.4, 0.5) is 13.2 Å². The summed E-state index contributed by atoms with van der Waals surface area (Å²) >= 11 is 0. The van der Waals surface area contributed by atoms with Gasteiger partial charge in [0.25, 0.3) is 0 Å². The van der Waals surface area contributed by atoms with Gasteiger partial charge in [0.1, 0.15) is 5.76 Å². The number of alkyl halides is 3. The highest BCUT2D eigenvalue weighted by atomic mass is 19.4. The van der Waals surface area contributed by atoms with Gasteiger partial charge in [-0.15, -0.1) is 0 Å². The molecule has 22 heavy (non-hydrogen) atoms. The molecule has 0 radical (unpaired) electrons. The van der Waals surface area contributed by atoms with E-state index in [4.69, 9.17) is 4.42 Å². The van der Waals surface area contributed by atoms with E-state index in [-0.39, 0.29) is 43.7 Å². The van der Waals surface area contributed by atoms with Crippen LogP contribution < -0.4 is 0 Å². The van der Waals surface area contributed by atoms with E-state index in [1.807, 2.05) is 6.07 Å². The maximum Gasteiger partial charge on any atom is 0.414 e. The van der Waals surface area contributed by atoms with Crippen molar-refractivity contribution in [2.24, 2.45) is 11.8 Å². The monoisotopic (exact) mass is 317 g/mol. The topological polar surface area (TPSA) is 53.7 Å². The van der Waals surface area contributed by atoms with Gasteiger partial charge in [-0.3, -0.25) is 4.79 Å². The molecule has 3 atom stereocenters. The molecule has 0 aromatic carbocycles. The summed E-state index contributed by atoms with van der Waals surface area (Å²) in [6, 6.07) is 3.61. The number of furan rings is 1.